The highest BCUT2D eigenvalue weighted by molar-refractivity contribution is 6.32. The maximum absolute atomic E-state index is 12.5. The van der Waals surface area contributed by atoms with Gasteiger partial charge in [0.1, 0.15) is 5.82 Å². The quantitative estimate of drug-likeness (QED) is 0.514. The van der Waals surface area contributed by atoms with Gasteiger partial charge in [-0.15, -0.1) is 24.8 Å². The monoisotopic (exact) mass is 465 g/mol. The molecule has 1 aliphatic heterocycles. The highest BCUT2D eigenvalue weighted by atomic mass is 35.5. The van der Waals surface area contributed by atoms with Crippen molar-refractivity contribution in [1.82, 2.24) is 20.5 Å². The molecule has 1 aromatic heterocycles. The Morgan fingerprint density at radius 2 is 1.93 bits per heavy atom. The van der Waals surface area contributed by atoms with E-state index in [1.54, 1.807) is 0 Å². The summed E-state index contributed by atoms with van der Waals surface area (Å²) in [7, 11) is 0. The summed E-state index contributed by atoms with van der Waals surface area (Å²) in [5.74, 6) is 0.00650. The summed E-state index contributed by atoms with van der Waals surface area (Å²) in [5.41, 5.74) is -0.907. The van der Waals surface area contributed by atoms with Crippen LogP contribution < -0.4 is 16.0 Å². The molecular weight excluding hydrogens is 442 g/mol. The molecule has 1 fully saturated rings. The minimum Gasteiger partial charge on any atom is -0.368 e. The Balaban J connectivity index is 0.00000364. The Labute approximate surface area is 179 Å². The molecule has 162 valence electrons. The zero-order valence-electron chi connectivity index (χ0n) is 15.1. The molecule has 1 aromatic rings. The number of carbonyl (C=O) groups is 1. The second-order valence-electron chi connectivity index (χ2n) is 6.02. The van der Waals surface area contributed by atoms with Crippen molar-refractivity contribution in [2.24, 2.45) is 0 Å². The van der Waals surface area contributed by atoms with Crippen LogP contribution in [0.15, 0.2) is 12.3 Å². The van der Waals surface area contributed by atoms with Crippen molar-refractivity contribution >= 4 is 48.1 Å². The molecule has 0 atom stereocenters. The minimum absolute atomic E-state index is 0. The Kier molecular flexibility index (Phi) is 12.8. The molecule has 0 unspecified atom stereocenters. The van der Waals surface area contributed by atoms with Gasteiger partial charge in [-0.25, -0.2) is 4.98 Å². The lowest BCUT2D eigenvalue weighted by molar-refractivity contribution is -0.137. The lowest BCUT2D eigenvalue weighted by atomic mass is 10.2. The van der Waals surface area contributed by atoms with Gasteiger partial charge in [0.15, 0.2) is 0 Å². The van der Waals surface area contributed by atoms with E-state index in [2.05, 4.69) is 25.8 Å². The third-order valence-corrected chi connectivity index (χ3v) is 4.28. The highest BCUT2D eigenvalue weighted by Crippen LogP contribution is 2.32. The molecule has 0 aliphatic carbocycles. The molecule has 1 aliphatic rings. The average Bonchev–Trinajstić information content (AvgIpc) is 2.60. The molecule has 6 nitrogen and oxygen atoms in total. The summed E-state index contributed by atoms with van der Waals surface area (Å²) in [4.78, 5) is 17.8. The first kappa shape index (κ1) is 27.0. The number of hydrogen-bond acceptors (Lipinski definition) is 5. The predicted molar refractivity (Wildman–Crippen MR) is 109 cm³/mol. The number of halogens is 6. The number of nitrogens with one attached hydrogen (secondary N) is 3. The predicted octanol–water partition coefficient (Wildman–Crippen LogP) is 2.81. The Morgan fingerprint density at radius 1 is 1.25 bits per heavy atom. The molecule has 28 heavy (non-hydrogen) atoms. The molecule has 12 heteroatoms. The molecular formula is C16H25Cl3F3N5O. The van der Waals surface area contributed by atoms with Crippen molar-refractivity contribution in [2.45, 2.75) is 19.0 Å². The van der Waals surface area contributed by atoms with Gasteiger partial charge in [0.25, 0.3) is 0 Å². The summed E-state index contributed by atoms with van der Waals surface area (Å²) in [5, 5.41) is 8.76. The van der Waals surface area contributed by atoms with Gasteiger partial charge in [0, 0.05) is 51.9 Å². The topological polar surface area (TPSA) is 69.3 Å². The zero-order chi connectivity index (χ0) is 19.0. The van der Waals surface area contributed by atoms with Crippen LogP contribution in [0.5, 0.6) is 0 Å². The van der Waals surface area contributed by atoms with Crippen molar-refractivity contribution in [3.8, 4) is 0 Å². The summed E-state index contributed by atoms with van der Waals surface area (Å²) in [6.07, 6.45) is -2.71. The molecule has 0 spiro atoms. The third kappa shape index (κ3) is 9.47. The number of alkyl halides is 3. The van der Waals surface area contributed by atoms with Gasteiger partial charge in [0.2, 0.25) is 5.91 Å². The van der Waals surface area contributed by atoms with Crippen LogP contribution in [-0.2, 0) is 11.0 Å². The number of nitrogens with zero attached hydrogens (tertiary/aromatic N) is 2. The second kappa shape index (κ2) is 13.3. The van der Waals surface area contributed by atoms with Crippen LogP contribution >= 0.6 is 36.4 Å². The van der Waals surface area contributed by atoms with E-state index >= 15 is 0 Å². The fourth-order valence-electron chi connectivity index (χ4n) is 2.57. The van der Waals surface area contributed by atoms with Crippen LogP contribution in [0.25, 0.3) is 0 Å². The SMILES string of the molecule is Cl.Cl.O=C(CCNc1ncc(C(F)(F)F)cc1Cl)NCCCN1CCNCC1. The minimum atomic E-state index is -4.49. The molecule has 0 bridgehead atoms. The van der Waals surface area contributed by atoms with Gasteiger partial charge in [-0.3, -0.25) is 4.79 Å². The Morgan fingerprint density at radius 3 is 2.54 bits per heavy atom. The average molecular weight is 467 g/mol. The summed E-state index contributed by atoms with van der Waals surface area (Å²) in [6.45, 7) is 5.84. The largest absolute Gasteiger partial charge is 0.417 e. The highest BCUT2D eigenvalue weighted by Gasteiger charge is 2.31. The molecule has 2 rings (SSSR count). The van der Waals surface area contributed by atoms with Crippen LogP contribution in [0.4, 0.5) is 19.0 Å². The van der Waals surface area contributed by atoms with Crippen molar-refractivity contribution in [3.05, 3.63) is 22.8 Å². The second-order valence-corrected chi connectivity index (χ2v) is 6.43. The maximum Gasteiger partial charge on any atom is 0.417 e. The van der Waals surface area contributed by atoms with E-state index in [1.165, 1.54) is 0 Å². The molecule has 2 heterocycles. The smallest absolute Gasteiger partial charge is 0.368 e. The number of anilines is 1. The molecule has 1 amide bonds. The fourth-order valence-corrected chi connectivity index (χ4v) is 2.80. The number of aromatic nitrogens is 1. The van der Waals surface area contributed by atoms with E-state index in [0.29, 0.717) is 12.7 Å². The van der Waals surface area contributed by atoms with Crippen LogP contribution in [0.2, 0.25) is 5.02 Å². The Hall–Kier alpha value is -1.00. The van der Waals surface area contributed by atoms with Crippen LogP contribution in [0, 0.1) is 0 Å². The number of carbonyl (C=O) groups excluding carboxylic acids is 1. The Bertz CT molecular complexity index is 601. The lowest BCUT2D eigenvalue weighted by Gasteiger charge is -2.27. The first-order valence-corrected chi connectivity index (χ1v) is 8.90. The van der Waals surface area contributed by atoms with E-state index in [1.807, 2.05) is 0 Å². The first-order valence-electron chi connectivity index (χ1n) is 8.52. The number of pyridine rings is 1. The molecule has 3 N–H and O–H groups in total. The maximum atomic E-state index is 12.5. The third-order valence-electron chi connectivity index (χ3n) is 4.00. The van der Waals surface area contributed by atoms with Gasteiger partial charge < -0.3 is 20.9 Å². The zero-order valence-corrected chi connectivity index (χ0v) is 17.5. The van der Waals surface area contributed by atoms with Crippen molar-refractivity contribution in [3.63, 3.8) is 0 Å². The van der Waals surface area contributed by atoms with E-state index in [9.17, 15) is 18.0 Å². The molecule has 0 aromatic carbocycles. The van der Waals surface area contributed by atoms with Crippen LogP contribution in [0.3, 0.4) is 0 Å². The van der Waals surface area contributed by atoms with Gasteiger partial charge in [-0.2, -0.15) is 13.2 Å². The molecule has 0 radical (unpaired) electrons. The van der Waals surface area contributed by atoms with Crippen molar-refractivity contribution in [1.29, 1.82) is 0 Å². The lowest BCUT2D eigenvalue weighted by Crippen LogP contribution is -2.44. The van der Waals surface area contributed by atoms with E-state index in [-0.39, 0.29) is 54.5 Å². The number of rotatable bonds is 8. The normalized spacial score (nSPS) is 14.6. The summed E-state index contributed by atoms with van der Waals surface area (Å²) < 4.78 is 37.6. The molecule has 1 saturated heterocycles. The van der Waals surface area contributed by atoms with Crippen LogP contribution in [0.1, 0.15) is 18.4 Å². The van der Waals surface area contributed by atoms with Crippen molar-refractivity contribution < 1.29 is 18.0 Å². The van der Waals surface area contributed by atoms with Gasteiger partial charge in [0.05, 0.1) is 10.6 Å². The first-order chi connectivity index (χ1) is 12.4. The molecule has 0 saturated carbocycles. The summed E-state index contributed by atoms with van der Waals surface area (Å²) in [6, 6.07) is 0.813. The van der Waals surface area contributed by atoms with E-state index in [0.717, 1.165) is 45.2 Å². The van der Waals surface area contributed by atoms with E-state index < -0.39 is 11.7 Å². The number of amides is 1. The van der Waals surface area contributed by atoms with Gasteiger partial charge in [-0.1, -0.05) is 11.6 Å². The standard InChI is InChI=1S/C16H23ClF3N5O.2ClH/c17-13-10-12(16(18,19)20)11-24-15(13)23-4-2-14(26)22-3-1-7-25-8-5-21-6-9-25;;/h10-11,21H,1-9H2,(H,22,26)(H,23,24);2*1H. The number of piperazine rings is 1. The van der Waals surface area contributed by atoms with Gasteiger partial charge in [-0.05, 0) is 19.0 Å². The van der Waals surface area contributed by atoms with Crippen LogP contribution in [-0.4, -0.2) is 61.6 Å². The van der Waals surface area contributed by atoms with Gasteiger partial charge >= 0.3 is 6.18 Å². The fraction of sp³-hybridized carbons (Fsp3) is 0.625. The van der Waals surface area contributed by atoms with E-state index in [4.69, 9.17) is 11.6 Å². The number of hydrogen-bond donors (Lipinski definition) is 3. The summed E-state index contributed by atoms with van der Waals surface area (Å²) >= 11 is 5.79. The van der Waals surface area contributed by atoms with Crippen molar-refractivity contribution in [2.75, 3.05) is 51.1 Å².